The zero-order valence-corrected chi connectivity index (χ0v) is 8.99. The molecule has 0 unspecified atom stereocenters. The Bertz CT molecular complexity index is 356. The Balaban J connectivity index is 2.21. The van der Waals surface area contributed by atoms with Gasteiger partial charge in [-0.1, -0.05) is 12.8 Å². The van der Waals surface area contributed by atoms with E-state index in [2.05, 4.69) is 10.3 Å². The van der Waals surface area contributed by atoms with Crippen LogP contribution in [0.1, 0.15) is 47.7 Å². The van der Waals surface area contributed by atoms with E-state index >= 15 is 0 Å². The summed E-state index contributed by atoms with van der Waals surface area (Å²) in [7, 11) is 1.65. The fourth-order valence-electron chi connectivity index (χ4n) is 2.18. The maximum atomic E-state index is 11.4. The van der Waals surface area contributed by atoms with Gasteiger partial charge in [-0.25, -0.2) is 0 Å². The van der Waals surface area contributed by atoms with Crippen molar-refractivity contribution in [2.45, 2.75) is 31.6 Å². The van der Waals surface area contributed by atoms with Crippen molar-refractivity contribution in [1.29, 1.82) is 0 Å². The lowest BCUT2D eigenvalue weighted by Gasteiger charge is -2.09. The van der Waals surface area contributed by atoms with Crippen LogP contribution in [0, 0.1) is 0 Å². The summed E-state index contributed by atoms with van der Waals surface area (Å²) in [5, 5.41) is 2.63. The molecular formula is C12H16N2O. The molecule has 1 N–H and O–H groups in total. The Morgan fingerprint density at radius 3 is 2.87 bits per heavy atom. The maximum Gasteiger partial charge on any atom is 0.251 e. The third-order valence-electron chi connectivity index (χ3n) is 3.04. The van der Waals surface area contributed by atoms with Crippen molar-refractivity contribution >= 4 is 5.91 Å². The van der Waals surface area contributed by atoms with Crippen molar-refractivity contribution in [3.8, 4) is 0 Å². The normalized spacial score (nSPS) is 16.6. The van der Waals surface area contributed by atoms with Crippen LogP contribution in [0.2, 0.25) is 0 Å². The molecule has 1 aromatic rings. The highest BCUT2D eigenvalue weighted by Gasteiger charge is 2.19. The molecule has 0 bridgehead atoms. The summed E-state index contributed by atoms with van der Waals surface area (Å²) < 4.78 is 0. The van der Waals surface area contributed by atoms with Gasteiger partial charge in [0.2, 0.25) is 0 Å². The maximum absolute atomic E-state index is 11.4. The highest BCUT2D eigenvalue weighted by Crippen LogP contribution is 2.32. The van der Waals surface area contributed by atoms with Crippen LogP contribution in [0.15, 0.2) is 18.3 Å². The number of nitrogens with one attached hydrogen (secondary N) is 1. The summed E-state index contributed by atoms with van der Waals surface area (Å²) in [4.78, 5) is 15.8. The van der Waals surface area contributed by atoms with E-state index in [0.29, 0.717) is 5.92 Å². The van der Waals surface area contributed by atoms with Gasteiger partial charge < -0.3 is 5.32 Å². The summed E-state index contributed by atoms with van der Waals surface area (Å²) >= 11 is 0. The first-order chi connectivity index (χ1) is 7.31. The molecule has 1 aromatic heterocycles. The van der Waals surface area contributed by atoms with Crippen LogP contribution in [-0.4, -0.2) is 17.9 Å². The Hall–Kier alpha value is -1.38. The molecule has 15 heavy (non-hydrogen) atoms. The van der Waals surface area contributed by atoms with Gasteiger partial charge in [0, 0.05) is 30.4 Å². The molecule has 1 aliphatic carbocycles. The lowest BCUT2D eigenvalue weighted by Crippen LogP contribution is -2.18. The van der Waals surface area contributed by atoms with Crippen LogP contribution in [0.25, 0.3) is 0 Å². The second-order valence-corrected chi connectivity index (χ2v) is 4.03. The van der Waals surface area contributed by atoms with Gasteiger partial charge in [0.1, 0.15) is 0 Å². The fraction of sp³-hybridized carbons (Fsp3) is 0.500. The summed E-state index contributed by atoms with van der Waals surface area (Å²) in [6, 6.07) is 3.69. The van der Waals surface area contributed by atoms with E-state index in [-0.39, 0.29) is 5.91 Å². The van der Waals surface area contributed by atoms with Crippen LogP contribution >= 0.6 is 0 Å². The molecule has 3 nitrogen and oxygen atoms in total. The number of nitrogens with zero attached hydrogens (tertiary/aromatic N) is 1. The van der Waals surface area contributed by atoms with Crippen LogP contribution in [0.4, 0.5) is 0 Å². The van der Waals surface area contributed by atoms with Crippen molar-refractivity contribution in [1.82, 2.24) is 10.3 Å². The molecule has 1 amide bonds. The topological polar surface area (TPSA) is 42.0 Å². The quantitative estimate of drug-likeness (QED) is 0.801. The first-order valence-corrected chi connectivity index (χ1v) is 5.49. The standard InChI is InChI=1S/C12H16N2O/c1-13-12(15)10-6-7-14-11(8-10)9-4-2-3-5-9/h6-9H,2-5H2,1H3,(H,13,15). The molecule has 0 spiro atoms. The number of pyridine rings is 1. The van der Waals surface area contributed by atoms with Gasteiger partial charge in [-0.15, -0.1) is 0 Å². The van der Waals surface area contributed by atoms with Gasteiger partial charge in [0.05, 0.1) is 0 Å². The molecule has 0 aromatic carbocycles. The van der Waals surface area contributed by atoms with Gasteiger partial charge in [-0.2, -0.15) is 0 Å². The largest absolute Gasteiger partial charge is 0.355 e. The summed E-state index contributed by atoms with van der Waals surface area (Å²) in [6.45, 7) is 0. The molecule has 2 rings (SSSR count). The van der Waals surface area contributed by atoms with E-state index in [9.17, 15) is 4.79 Å². The number of rotatable bonds is 2. The van der Waals surface area contributed by atoms with Crippen molar-refractivity contribution in [2.75, 3.05) is 7.05 Å². The van der Waals surface area contributed by atoms with E-state index in [4.69, 9.17) is 0 Å². The summed E-state index contributed by atoms with van der Waals surface area (Å²) in [5.74, 6) is 0.534. The first-order valence-electron chi connectivity index (χ1n) is 5.49. The predicted octanol–water partition coefficient (Wildman–Crippen LogP) is 2.10. The monoisotopic (exact) mass is 204 g/mol. The summed E-state index contributed by atoms with van der Waals surface area (Å²) in [5.41, 5.74) is 1.79. The second kappa shape index (κ2) is 4.43. The lowest BCUT2D eigenvalue weighted by atomic mass is 10.0. The zero-order valence-electron chi connectivity index (χ0n) is 8.99. The number of amides is 1. The summed E-state index contributed by atoms with van der Waals surface area (Å²) in [6.07, 6.45) is 6.74. The molecule has 0 atom stereocenters. The third-order valence-corrected chi connectivity index (χ3v) is 3.04. The minimum absolute atomic E-state index is 0.0309. The van der Waals surface area contributed by atoms with Crippen LogP contribution < -0.4 is 5.32 Å². The highest BCUT2D eigenvalue weighted by atomic mass is 16.1. The lowest BCUT2D eigenvalue weighted by molar-refractivity contribution is 0.0963. The van der Waals surface area contributed by atoms with Crippen molar-refractivity contribution < 1.29 is 4.79 Å². The fourth-order valence-corrected chi connectivity index (χ4v) is 2.18. The van der Waals surface area contributed by atoms with Crippen LogP contribution in [-0.2, 0) is 0 Å². The van der Waals surface area contributed by atoms with Crippen LogP contribution in [0.5, 0.6) is 0 Å². The molecule has 0 aliphatic heterocycles. The highest BCUT2D eigenvalue weighted by molar-refractivity contribution is 5.93. The van der Waals surface area contributed by atoms with Gasteiger partial charge in [-0.3, -0.25) is 9.78 Å². The Morgan fingerprint density at radius 2 is 2.20 bits per heavy atom. The molecule has 1 aliphatic rings. The van der Waals surface area contributed by atoms with Crippen LogP contribution in [0.3, 0.4) is 0 Å². The second-order valence-electron chi connectivity index (χ2n) is 4.03. The van der Waals surface area contributed by atoms with Gasteiger partial charge >= 0.3 is 0 Å². The van der Waals surface area contributed by atoms with Crippen molar-refractivity contribution in [3.63, 3.8) is 0 Å². The average molecular weight is 204 g/mol. The average Bonchev–Trinajstić information content (AvgIpc) is 2.82. The Kier molecular flexibility index (Phi) is 2.99. The Labute approximate surface area is 89.9 Å². The van der Waals surface area contributed by atoms with Gasteiger partial charge in [-0.05, 0) is 25.0 Å². The molecule has 1 heterocycles. The molecule has 0 saturated heterocycles. The van der Waals surface area contributed by atoms with Crippen molar-refractivity contribution in [3.05, 3.63) is 29.6 Å². The van der Waals surface area contributed by atoms with E-state index in [1.165, 1.54) is 25.7 Å². The number of hydrogen-bond acceptors (Lipinski definition) is 2. The van der Waals surface area contributed by atoms with E-state index < -0.39 is 0 Å². The van der Waals surface area contributed by atoms with E-state index in [1.54, 1.807) is 19.3 Å². The first kappa shape index (κ1) is 10.1. The number of aromatic nitrogens is 1. The minimum atomic E-state index is -0.0309. The van der Waals surface area contributed by atoms with Gasteiger partial charge in [0.25, 0.3) is 5.91 Å². The molecular weight excluding hydrogens is 188 g/mol. The molecule has 1 fully saturated rings. The van der Waals surface area contributed by atoms with Gasteiger partial charge in [0.15, 0.2) is 0 Å². The molecule has 0 radical (unpaired) electrons. The smallest absolute Gasteiger partial charge is 0.251 e. The number of carbonyl (C=O) groups is 1. The molecule has 80 valence electrons. The Morgan fingerprint density at radius 1 is 1.47 bits per heavy atom. The number of hydrogen-bond donors (Lipinski definition) is 1. The minimum Gasteiger partial charge on any atom is -0.355 e. The molecule has 3 heteroatoms. The third kappa shape index (κ3) is 2.17. The SMILES string of the molecule is CNC(=O)c1ccnc(C2CCCC2)c1. The van der Waals surface area contributed by atoms with E-state index in [1.807, 2.05) is 6.07 Å². The molecule has 1 saturated carbocycles. The number of carbonyl (C=O) groups excluding carboxylic acids is 1. The zero-order chi connectivity index (χ0) is 10.7. The van der Waals surface area contributed by atoms with E-state index in [0.717, 1.165) is 11.3 Å². The van der Waals surface area contributed by atoms with Crippen molar-refractivity contribution in [2.24, 2.45) is 0 Å². The predicted molar refractivity (Wildman–Crippen MR) is 58.8 cm³/mol.